The van der Waals surface area contributed by atoms with Crippen LogP contribution < -0.4 is 4.90 Å². The number of rotatable bonds is 2. The average Bonchev–Trinajstić information content (AvgIpc) is 2.70. The Bertz CT molecular complexity index is 388. The Labute approximate surface area is 99.9 Å². The molecule has 1 fully saturated rings. The maximum atomic E-state index is 10.6. The fourth-order valence-corrected chi connectivity index (χ4v) is 2.64. The first-order valence-electron chi connectivity index (χ1n) is 5.40. The van der Waals surface area contributed by atoms with Gasteiger partial charge in [-0.3, -0.25) is 9.69 Å². The molecule has 0 saturated carbocycles. The molecule has 0 amide bonds. The molecule has 5 heteroatoms. The third-order valence-electron chi connectivity index (χ3n) is 3.21. The molecule has 88 valence electrons. The van der Waals surface area contributed by atoms with Gasteiger partial charge in [0.1, 0.15) is 0 Å². The number of thiazole rings is 1. The molecule has 1 aromatic rings. The highest BCUT2D eigenvalue weighted by atomic mass is 32.1. The van der Waals surface area contributed by atoms with Crippen LogP contribution in [0.4, 0.5) is 5.13 Å². The highest BCUT2D eigenvalue weighted by Crippen LogP contribution is 2.27. The predicted molar refractivity (Wildman–Crippen MR) is 66.4 cm³/mol. The van der Waals surface area contributed by atoms with Crippen LogP contribution in [0, 0.1) is 0 Å². The summed E-state index contributed by atoms with van der Waals surface area (Å²) in [5.41, 5.74) is 0.158. The third kappa shape index (κ3) is 2.10. The maximum absolute atomic E-state index is 10.6. The number of likely N-dealkylation sites (N-methyl/N-ethyl adjacent to an activating group) is 1. The fraction of sp³-hybridized carbons (Fsp3) is 0.636. The number of hydrogen-bond donors (Lipinski definition) is 0. The zero-order chi connectivity index (χ0) is 11.8. The van der Waals surface area contributed by atoms with Crippen LogP contribution in [0.1, 0.15) is 23.5 Å². The van der Waals surface area contributed by atoms with Crippen LogP contribution in [-0.2, 0) is 0 Å². The lowest BCUT2D eigenvalue weighted by atomic mass is 10.0. The normalized spacial score (nSPS) is 21.1. The van der Waals surface area contributed by atoms with E-state index in [1.807, 2.05) is 0 Å². The molecule has 0 aromatic carbocycles. The Kier molecular flexibility index (Phi) is 2.99. The van der Waals surface area contributed by atoms with Gasteiger partial charge < -0.3 is 4.90 Å². The first kappa shape index (κ1) is 11.5. The van der Waals surface area contributed by atoms with Gasteiger partial charge in [-0.15, -0.1) is 0 Å². The molecule has 2 heterocycles. The first-order chi connectivity index (χ1) is 7.53. The molecule has 1 aliphatic rings. The van der Waals surface area contributed by atoms with Crippen molar-refractivity contribution in [2.24, 2.45) is 0 Å². The number of piperazine rings is 1. The molecule has 0 radical (unpaired) electrons. The molecular formula is C11H17N3OS. The molecule has 1 aliphatic heterocycles. The smallest absolute Gasteiger partial charge is 0.186 e. The second-order valence-electron chi connectivity index (χ2n) is 4.82. The van der Waals surface area contributed by atoms with E-state index in [9.17, 15) is 4.79 Å². The van der Waals surface area contributed by atoms with Crippen molar-refractivity contribution >= 4 is 22.8 Å². The Morgan fingerprint density at radius 3 is 2.81 bits per heavy atom. The highest BCUT2D eigenvalue weighted by molar-refractivity contribution is 7.17. The van der Waals surface area contributed by atoms with Gasteiger partial charge in [-0.05, 0) is 20.9 Å². The molecular weight excluding hydrogens is 222 g/mol. The highest BCUT2D eigenvalue weighted by Gasteiger charge is 2.32. The Hall–Kier alpha value is -0.940. The molecule has 0 N–H and O–H groups in total. The van der Waals surface area contributed by atoms with Crippen LogP contribution in [0.5, 0.6) is 0 Å². The standard InChI is InChI=1S/C11H17N3OS/c1-11(2)8-14(5-4-13(11)3)10-12-6-9(7-15)16-10/h6-7H,4-5,8H2,1-3H3. The largest absolute Gasteiger partial charge is 0.345 e. The van der Waals surface area contributed by atoms with E-state index >= 15 is 0 Å². The Morgan fingerprint density at radius 1 is 1.50 bits per heavy atom. The van der Waals surface area contributed by atoms with Crippen molar-refractivity contribution in [1.29, 1.82) is 0 Å². The van der Waals surface area contributed by atoms with Crippen molar-refractivity contribution < 1.29 is 4.79 Å². The lowest BCUT2D eigenvalue weighted by Gasteiger charge is -2.45. The van der Waals surface area contributed by atoms with Gasteiger partial charge in [-0.25, -0.2) is 4.98 Å². The van der Waals surface area contributed by atoms with E-state index < -0.39 is 0 Å². The molecule has 4 nitrogen and oxygen atoms in total. The summed E-state index contributed by atoms with van der Waals surface area (Å²) >= 11 is 1.47. The summed E-state index contributed by atoms with van der Waals surface area (Å²) in [6.07, 6.45) is 2.51. The Balaban J connectivity index is 2.14. The van der Waals surface area contributed by atoms with E-state index in [4.69, 9.17) is 0 Å². The molecule has 2 rings (SSSR count). The van der Waals surface area contributed by atoms with Crippen LogP contribution >= 0.6 is 11.3 Å². The van der Waals surface area contributed by atoms with E-state index in [-0.39, 0.29) is 5.54 Å². The summed E-state index contributed by atoms with van der Waals surface area (Å²) in [6.45, 7) is 7.42. The van der Waals surface area contributed by atoms with Crippen LogP contribution in [0.15, 0.2) is 6.20 Å². The minimum Gasteiger partial charge on any atom is -0.345 e. The van der Waals surface area contributed by atoms with Gasteiger partial charge in [-0.1, -0.05) is 11.3 Å². The lowest BCUT2D eigenvalue weighted by molar-refractivity contribution is 0.112. The van der Waals surface area contributed by atoms with Gasteiger partial charge in [0.05, 0.1) is 11.1 Å². The van der Waals surface area contributed by atoms with Crippen LogP contribution in [0.2, 0.25) is 0 Å². The lowest BCUT2D eigenvalue weighted by Crippen LogP contribution is -2.57. The van der Waals surface area contributed by atoms with Crippen molar-refractivity contribution in [3.63, 3.8) is 0 Å². The SMILES string of the molecule is CN1CCN(c2ncc(C=O)s2)CC1(C)C. The molecule has 16 heavy (non-hydrogen) atoms. The zero-order valence-electron chi connectivity index (χ0n) is 9.93. The number of aldehydes is 1. The molecule has 1 aromatic heterocycles. The van der Waals surface area contributed by atoms with Crippen LogP contribution in [-0.4, -0.2) is 48.4 Å². The van der Waals surface area contributed by atoms with E-state index in [0.29, 0.717) is 4.88 Å². The van der Waals surface area contributed by atoms with E-state index in [2.05, 4.69) is 35.7 Å². The number of aromatic nitrogens is 1. The van der Waals surface area contributed by atoms with E-state index in [1.54, 1.807) is 6.20 Å². The molecule has 0 atom stereocenters. The average molecular weight is 239 g/mol. The summed E-state index contributed by atoms with van der Waals surface area (Å²) in [5.74, 6) is 0. The molecule has 1 saturated heterocycles. The number of carbonyl (C=O) groups excluding carboxylic acids is 1. The molecule has 0 spiro atoms. The topological polar surface area (TPSA) is 36.4 Å². The second kappa shape index (κ2) is 4.14. The Morgan fingerprint density at radius 2 is 2.25 bits per heavy atom. The molecule has 0 unspecified atom stereocenters. The first-order valence-corrected chi connectivity index (χ1v) is 6.22. The maximum Gasteiger partial charge on any atom is 0.186 e. The van der Waals surface area contributed by atoms with Gasteiger partial charge in [0, 0.05) is 25.2 Å². The number of carbonyl (C=O) groups is 1. The van der Waals surface area contributed by atoms with Gasteiger partial charge in [0.25, 0.3) is 0 Å². The third-order valence-corrected chi connectivity index (χ3v) is 4.20. The number of nitrogens with zero attached hydrogens (tertiary/aromatic N) is 3. The van der Waals surface area contributed by atoms with Crippen molar-refractivity contribution in [2.45, 2.75) is 19.4 Å². The fourth-order valence-electron chi connectivity index (χ4n) is 1.88. The van der Waals surface area contributed by atoms with Gasteiger partial charge in [0.2, 0.25) is 0 Å². The van der Waals surface area contributed by atoms with Crippen molar-refractivity contribution in [2.75, 3.05) is 31.6 Å². The summed E-state index contributed by atoms with van der Waals surface area (Å²) in [4.78, 5) is 20.2. The van der Waals surface area contributed by atoms with E-state index in [0.717, 1.165) is 31.1 Å². The molecule has 0 aliphatic carbocycles. The minimum absolute atomic E-state index is 0.158. The van der Waals surface area contributed by atoms with Crippen LogP contribution in [0.25, 0.3) is 0 Å². The number of hydrogen-bond acceptors (Lipinski definition) is 5. The number of anilines is 1. The van der Waals surface area contributed by atoms with Crippen molar-refractivity contribution in [3.05, 3.63) is 11.1 Å². The molecule has 0 bridgehead atoms. The van der Waals surface area contributed by atoms with Gasteiger partial charge >= 0.3 is 0 Å². The predicted octanol–water partition coefficient (Wildman–Crippen LogP) is 1.49. The van der Waals surface area contributed by atoms with Crippen molar-refractivity contribution in [3.8, 4) is 0 Å². The van der Waals surface area contributed by atoms with E-state index in [1.165, 1.54) is 11.3 Å². The van der Waals surface area contributed by atoms with Gasteiger partial charge in [0.15, 0.2) is 11.4 Å². The second-order valence-corrected chi connectivity index (χ2v) is 5.86. The van der Waals surface area contributed by atoms with Crippen molar-refractivity contribution in [1.82, 2.24) is 9.88 Å². The quantitative estimate of drug-likeness (QED) is 0.733. The zero-order valence-corrected chi connectivity index (χ0v) is 10.8. The summed E-state index contributed by atoms with van der Waals surface area (Å²) in [6, 6.07) is 0. The summed E-state index contributed by atoms with van der Waals surface area (Å²) < 4.78 is 0. The summed E-state index contributed by atoms with van der Waals surface area (Å²) in [7, 11) is 2.15. The monoisotopic (exact) mass is 239 g/mol. The minimum atomic E-state index is 0.158. The summed E-state index contributed by atoms with van der Waals surface area (Å²) in [5, 5.41) is 0.961. The van der Waals surface area contributed by atoms with Crippen LogP contribution in [0.3, 0.4) is 0 Å². The van der Waals surface area contributed by atoms with Gasteiger partial charge in [-0.2, -0.15) is 0 Å².